The monoisotopic (exact) mass is 326 g/mol. The van der Waals surface area contributed by atoms with E-state index in [1.807, 2.05) is 32.0 Å². The summed E-state index contributed by atoms with van der Waals surface area (Å²) in [7, 11) is 0. The average Bonchev–Trinajstić information content (AvgIpc) is 3.02. The molecule has 1 N–H and O–H groups in total. The minimum Gasteiger partial charge on any atom is -0.352 e. The molecule has 1 atom stereocenters. The fourth-order valence-electron chi connectivity index (χ4n) is 3.21. The first-order valence-electron chi connectivity index (χ1n) is 8.71. The molecule has 0 radical (unpaired) electrons. The van der Waals surface area contributed by atoms with Gasteiger partial charge in [0.05, 0.1) is 22.4 Å². The molecule has 1 amide bonds. The number of aryl methyl sites for hydroxylation is 2. The lowest BCUT2D eigenvalue weighted by Gasteiger charge is -2.20. The SMILES string of the molecule is Cc1nc2ccc(C(=O)NCC3CCN(C(C)C)C3)cc2nc1C. The van der Waals surface area contributed by atoms with Crippen LogP contribution in [0.5, 0.6) is 0 Å². The van der Waals surface area contributed by atoms with Gasteiger partial charge >= 0.3 is 0 Å². The number of hydrogen-bond donors (Lipinski definition) is 1. The molecule has 2 heterocycles. The van der Waals surface area contributed by atoms with Gasteiger partial charge in [0.25, 0.3) is 5.91 Å². The van der Waals surface area contributed by atoms with Crippen LogP contribution >= 0.6 is 0 Å². The van der Waals surface area contributed by atoms with Crippen LogP contribution in [0.2, 0.25) is 0 Å². The number of aromatic nitrogens is 2. The second-order valence-corrected chi connectivity index (χ2v) is 7.05. The van der Waals surface area contributed by atoms with Crippen molar-refractivity contribution in [3.63, 3.8) is 0 Å². The fourth-order valence-corrected chi connectivity index (χ4v) is 3.21. The predicted molar refractivity (Wildman–Crippen MR) is 96.2 cm³/mol. The molecule has 0 aliphatic carbocycles. The van der Waals surface area contributed by atoms with E-state index >= 15 is 0 Å². The maximum Gasteiger partial charge on any atom is 0.251 e. The number of nitrogens with one attached hydrogen (secondary N) is 1. The van der Waals surface area contributed by atoms with E-state index in [1.165, 1.54) is 0 Å². The average molecular weight is 326 g/mol. The Hall–Kier alpha value is -2.01. The molecule has 24 heavy (non-hydrogen) atoms. The summed E-state index contributed by atoms with van der Waals surface area (Å²) in [6.07, 6.45) is 1.15. The van der Waals surface area contributed by atoms with Gasteiger partial charge in [-0.3, -0.25) is 4.79 Å². The molecule has 1 aromatic heterocycles. The van der Waals surface area contributed by atoms with Gasteiger partial charge in [-0.25, -0.2) is 9.97 Å². The zero-order valence-corrected chi connectivity index (χ0v) is 15.0. The molecular formula is C19H26N4O. The molecule has 0 bridgehead atoms. The maximum absolute atomic E-state index is 12.4. The predicted octanol–water partition coefficient (Wildman–Crippen LogP) is 2.71. The first-order valence-corrected chi connectivity index (χ1v) is 8.71. The van der Waals surface area contributed by atoms with E-state index in [-0.39, 0.29) is 5.91 Å². The number of fused-ring (bicyclic) bond motifs is 1. The number of carbonyl (C=O) groups is 1. The van der Waals surface area contributed by atoms with Gasteiger partial charge in [0.1, 0.15) is 0 Å². The number of carbonyl (C=O) groups excluding carboxylic acids is 1. The minimum absolute atomic E-state index is 0.0278. The highest BCUT2D eigenvalue weighted by Crippen LogP contribution is 2.18. The van der Waals surface area contributed by atoms with E-state index in [1.54, 1.807) is 0 Å². The molecule has 0 saturated carbocycles. The van der Waals surface area contributed by atoms with Crippen LogP contribution < -0.4 is 5.32 Å². The third-order valence-corrected chi connectivity index (χ3v) is 4.94. The lowest BCUT2D eigenvalue weighted by Crippen LogP contribution is -2.33. The molecule has 5 nitrogen and oxygen atoms in total. The molecule has 0 spiro atoms. The van der Waals surface area contributed by atoms with Gasteiger partial charge in [-0.1, -0.05) is 0 Å². The van der Waals surface area contributed by atoms with Gasteiger partial charge < -0.3 is 10.2 Å². The van der Waals surface area contributed by atoms with Crippen LogP contribution in [0.15, 0.2) is 18.2 Å². The zero-order chi connectivity index (χ0) is 17.3. The van der Waals surface area contributed by atoms with Crippen LogP contribution in [-0.2, 0) is 0 Å². The normalized spacial score (nSPS) is 18.5. The van der Waals surface area contributed by atoms with E-state index in [4.69, 9.17) is 0 Å². The van der Waals surface area contributed by atoms with Crippen molar-refractivity contribution >= 4 is 16.9 Å². The van der Waals surface area contributed by atoms with Crippen molar-refractivity contribution in [3.05, 3.63) is 35.2 Å². The Labute approximate surface area is 143 Å². The molecule has 1 aliphatic heterocycles. The highest BCUT2D eigenvalue weighted by Gasteiger charge is 2.24. The van der Waals surface area contributed by atoms with Crippen molar-refractivity contribution < 1.29 is 4.79 Å². The molecule has 1 aliphatic rings. The summed E-state index contributed by atoms with van der Waals surface area (Å²) >= 11 is 0. The number of likely N-dealkylation sites (tertiary alicyclic amines) is 1. The Kier molecular flexibility index (Phi) is 4.81. The van der Waals surface area contributed by atoms with Crippen molar-refractivity contribution in [2.75, 3.05) is 19.6 Å². The van der Waals surface area contributed by atoms with Gasteiger partial charge in [-0.05, 0) is 64.8 Å². The van der Waals surface area contributed by atoms with Crippen molar-refractivity contribution in [1.29, 1.82) is 0 Å². The van der Waals surface area contributed by atoms with Gasteiger partial charge in [0.15, 0.2) is 0 Å². The molecule has 5 heteroatoms. The molecule has 1 fully saturated rings. The third-order valence-electron chi connectivity index (χ3n) is 4.94. The Morgan fingerprint density at radius 3 is 2.62 bits per heavy atom. The number of hydrogen-bond acceptors (Lipinski definition) is 4. The number of amides is 1. The van der Waals surface area contributed by atoms with Gasteiger partial charge in [0, 0.05) is 24.7 Å². The van der Waals surface area contributed by atoms with Crippen LogP contribution in [0.4, 0.5) is 0 Å². The van der Waals surface area contributed by atoms with Crippen molar-refractivity contribution in [2.24, 2.45) is 5.92 Å². The van der Waals surface area contributed by atoms with Gasteiger partial charge in [0.2, 0.25) is 0 Å². The second-order valence-electron chi connectivity index (χ2n) is 7.05. The molecule has 128 valence electrons. The lowest BCUT2D eigenvalue weighted by molar-refractivity contribution is 0.0947. The number of nitrogens with zero attached hydrogens (tertiary/aromatic N) is 3. The summed E-state index contributed by atoms with van der Waals surface area (Å²) in [6.45, 7) is 11.3. The minimum atomic E-state index is -0.0278. The van der Waals surface area contributed by atoms with Gasteiger partial charge in [-0.2, -0.15) is 0 Å². The third kappa shape index (κ3) is 3.56. The maximum atomic E-state index is 12.4. The summed E-state index contributed by atoms with van der Waals surface area (Å²) in [5.41, 5.74) is 4.09. The van der Waals surface area contributed by atoms with Crippen LogP contribution in [-0.4, -0.2) is 46.5 Å². The summed E-state index contributed by atoms with van der Waals surface area (Å²) in [5.74, 6) is 0.515. The fraction of sp³-hybridized carbons (Fsp3) is 0.526. The highest BCUT2D eigenvalue weighted by molar-refractivity contribution is 5.97. The molecule has 3 rings (SSSR count). The van der Waals surface area contributed by atoms with Crippen LogP contribution in [0.1, 0.15) is 42.0 Å². The molecule has 1 saturated heterocycles. The summed E-state index contributed by atoms with van der Waals surface area (Å²) in [5, 5.41) is 3.08. The highest BCUT2D eigenvalue weighted by atomic mass is 16.1. The Morgan fingerprint density at radius 1 is 1.25 bits per heavy atom. The Morgan fingerprint density at radius 2 is 1.96 bits per heavy atom. The van der Waals surface area contributed by atoms with Crippen LogP contribution in [0.25, 0.3) is 11.0 Å². The number of benzene rings is 1. The zero-order valence-electron chi connectivity index (χ0n) is 15.0. The van der Waals surface area contributed by atoms with Crippen LogP contribution in [0.3, 0.4) is 0 Å². The smallest absolute Gasteiger partial charge is 0.251 e. The summed E-state index contributed by atoms with van der Waals surface area (Å²) < 4.78 is 0. The second kappa shape index (κ2) is 6.85. The molecule has 2 aromatic rings. The van der Waals surface area contributed by atoms with E-state index in [9.17, 15) is 4.79 Å². The van der Waals surface area contributed by atoms with E-state index < -0.39 is 0 Å². The first-order chi connectivity index (χ1) is 11.4. The van der Waals surface area contributed by atoms with Crippen molar-refractivity contribution in [3.8, 4) is 0 Å². The van der Waals surface area contributed by atoms with E-state index in [2.05, 4.69) is 34.0 Å². The van der Waals surface area contributed by atoms with E-state index in [0.717, 1.165) is 48.5 Å². The molecule has 1 aromatic carbocycles. The topological polar surface area (TPSA) is 58.1 Å². The van der Waals surface area contributed by atoms with Crippen molar-refractivity contribution in [2.45, 2.75) is 40.2 Å². The Bertz CT molecular complexity index is 756. The first kappa shape index (κ1) is 16.8. The standard InChI is InChI=1S/C19H26N4O/c1-12(2)23-8-7-15(11-23)10-20-19(24)16-5-6-17-18(9-16)22-14(4)13(3)21-17/h5-6,9,12,15H,7-8,10-11H2,1-4H3,(H,20,24). The quantitative estimate of drug-likeness (QED) is 0.938. The lowest BCUT2D eigenvalue weighted by atomic mass is 10.1. The van der Waals surface area contributed by atoms with Crippen molar-refractivity contribution in [1.82, 2.24) is 20.2 Å². The number of rotatable bonds is 4. The Balaban J connectivity index is 1.65. The molecule has 1 unspecified atom stereocenters. The van der Waals surface area contributed by atoms with Crippen LogP contribution in [0, 0.1) is 19.8 Å². The molecular weight excluding hydrogens is 300 g/mol. The van der Waals surface area contributed by atoms with E-state index in [0.29, 0.717) is 17.5 Å². The van der Waals surface area contributed by atoms with Gasteiger partial charge in [-0.15, -0.1) is 0 Å². The summed E-state index contributed by atoms with van der Waals surface area (Å²) in [4.78, 5) is 24.0. The summed E-state index contributed by atoms with van der Waals surface area (Å²) in [6, 6.07) is 6.12. The largest absolute Gasteiger partial charge is 0.352 e.